The first kappa shape index (κ1) is 13.6. The minimum atomic E-state index is -0.0505. The third-order valence-corrected chi connectivity index (χ3v) is 3.70. The summed E-state index contributed by atoms with van der Waals surface area (Å²) in [5.41, 5.74) is 3.07. The molecule has 2 aromatic heterocycles. The molecule has 1 amide bonds. The average Bonchev–Trinajstić information content (AvgIpc) is 2.93. The molecule has 0 unspecified atom stereocenters. The van der Waals surface area contributed by atoms with E-state index in [-0.39, 0.29) is 5.91 Å². The Morgan fingerprint density at radius 2 is 2.32 bits per heavy atom. The Morgan fingerprint density at radius 1 is 1.53 bits per heavy atom. The van der Waals surface area contributed by atoms with Crippen LogP contribution in [0.1, 0.15) is 24.3 Å². The number of aromatic nitrogens is 1. The van der Waals surface area contributed by atoms with E-state index in [9.17, 15) is 4.79 Å². The van der Waals surface area contributed by atoms with Crippen molar-refractivity contribution in [2.75, 3.05) is 6.54 Å². The van der Waals surface area contributed by atoms with Crippen LogP contribution in [0.3, 0.4) is 0 Å². The lowest BCUT2D eigenvalue weighted by Crippen LogP contribution is -2.25. The van der Waals surface area contributed by atoms with Gasteiger partial charge in [-0.05, 0) is 31.4 Å². The third kappa shape index (κ3) is 2.96. The quantitative estimate of drug-likeness (QED) is 0.831. The fourth-order valence-corrected chi connectivity index (χ4v) is 2.71. The fourth-order valence-electron chi connectivity index (χ4n) is 1.89. The van der Waals surface area contributed by atoms with E-state index >= 15 is 0 Å². The largest absolute Gasteiger partial charge is 0.347 e. The normalized spacial score (nSPS) is 10.4. The maximum absolute atomic E-state index is 12.1. The number of nitrogens with one attached hydrogen (secondary N) is 1. The highest BCUT2D eigenvalue weighted by atomic mass is 32.1. The molecular weight excluding hydrogens is 256 g/mol. The van der Waals surface area contributed by atoms with E-state index in [1.54, 1.807) is 17.4 Å². The molecule has 0 aliphatic heterocycles. The highest BCUT2D eigenvalue weighted by molar-refractivity contribution is 7.17. The summed E-state index contributed by atoms with van der Waals surface area (Å²) in [5, 5.41) is 4.88. The topological polar surface area (TPSA) is 34.0 Å². The van der Waals surface area contributed by atoms with E-state index in [0.717, 1.165) is 16.8 Å². The SMILES string of the molecule is C=CCNC(=O)c1cc2sccc2n1CC=C(C)C. The molecule has 0 saturated carbocycles. The molecule has 0 radical (unpaired) electrons. The van der Waals surface area contributed by atoms with Crippen LogP contribution in [0.4, 0.5) is 0 Å². The van der Waals surface area contributed by atoms with Gasteiger partial charge in [-0.25, -0.2) is 0 Å². The molecule has 0 atom stereocenters. The van der Waals surface area contributed by atoms with Gasteiger partial charge in [0, 0.05) is 13.1 Å². The lowest BCUT2D eigenvalue weighted by Gasteiger charge is -2.08. The molecular formula is C15H18N2OS. The minimum Gasteiger partial charge on any atom is -0.347 e. The summed E-state index contributed by atoms with van der Waals surface area (Å²) in [5.74, 6) is -0.0505. The van der Waals surface area contributed by atoms with Gasteiger partial charge >= 0.3 is 0 Å². The minimum absolute atomic E-state index is 0.0505. The average molecular weight is 274 g/mol. The summed E-state index contributed by atoms with van der Waals surface area (Å²) in [6, 6.07) is 4.01. The van der Waals surface area contributed by atoms with Crippen molar-refractivity contribution in [1.29, 1.82) is 0 Å². The van der Waals surface area contributed by atoms with Crippen molar-refractivity contribution in [3.63, 3.8) is 0 Å². The number of rotatable bonds is 5. The Balaban J connectivity index is 2.38. The van der Waals surface area contributed by atoms with Crippen molar-refractivity contribution in [1.82, 2.24) is 9.88 Å². The number of nitrogens with zero attached hydrogens (tertiary/aromatic N) is 1. The van der Waals surface area contributed by atoms with E-state index in [1.807, 2.05) is 6.07 Å². The standard InChI is InChI=1S/C15H18N2OS/c1-4-7-16-15(18)13-10-14-12(6-9-19-14)17(13)8-5-11(2)3/h4-6,9-10H,1,7-8H2,2-3H3,(H,16,18). The maximum Gasteiger partial charge on any atom is 0.268 e. The predicted octanol–water partition coefficient (Wildman–Crippen LogP) is 3.58. The summed E-state index contributed by atoms with van der Waals surface area (Å²) >= 11 is 1.66. The fraction of sp³-hybridized carbons (Fsp3) is 0.267. The maximum atomic E-state index is 12.1. The molecule has 0 aliphatic carbocycles. The van der Waals surface area contributed by atoms with Gasteiger partial charge in [0.1, 0.15) is 5.69 Å². The van der Waals surface area contributed by atoms with Crippen LogP contribution in [-0.4, -0.2) is 17.0 Å². The summed E-state index contributed by atoms with van der Waals surface area (Å²) in [6.45, 7) is 8.94. The van der Waals surface area contributed by atoms with E-state index < -0.39 is 0 Å². The highest BCUT2D eigenvalue weighted by Crippen LogP contribution is 2.25. The van der Waals surface area contributed by atoms with Crippen LogP contribution in [0.25, 0.3) is 10.2 Å². The molecule has 0 bridgehead atoms. The molecule has 100 valence electrons. The zero-order valence-corrected chi connectivity index (χ0v) is 12.1. The van der Waals surface area contributed by atoms with Crippen molar-refractivity contribution >= 4 is 27.5 Å². The van der Waals surface area contributed by atoms with E-state index in [4.69, 9.17) is 0 Å². The van der Waals surface area contributed by atoms with Crippen LogP contribution in [0.5, 0.6) is 0 Å². The number of carbonyl (C=O) groups is 1. The number of fused-ring (bicyclic) bond motifs is 1. The van der Waals surface area contributed by atoms with Crippen molar-refractivity contribution in [3.8, 4) is 0 Å². The van der Waals surface area contributed by atoms with Gasteiger partial charge in [0.05, 0.1) is 10.2 Å². The molecule has 0 saturated heterocycles. The van der Waals surface area contributed by atoms with Crippen LogP contribution in [-0.2, 0) is 6.54 Å². The van der Waals surface area contributed by atoms with Gasteiger partial charge in [0.25, 0.3) is 5.91 Å². The summed E-state index contributed by atoms with van der Waals surface area (Å²) < 4.78 is 3.20. The Labute approximate surface area is 117 Å². The second-order valence-corrected chi connectivity index (χ2v) is 5.54. The summed E-state index contributed by atoms with van der Waals surface area (Å²) in [7, 11) is 0. The molecule has 1 N–H and O–H groups in total. The lowest BCUT2D eigenvalue weighted by atomic mass is 10.3. The first-order chi connectivity index (χ1) is 9.13. The molecule has 0 aliphatic rings. The molecule has 3 nitrogen and oxygen atoms in total. The number of amides is 1. The molecule has 2 rings (SSSR count). The molecule has 0 aromatic carbocycles. The van der Waals surface area contributed by atoms with E-state index in [0.29, 0.717) is 12.2 Å². The van der Waals surface area contributed by atoms with Crippen LogP contribution >= 0.6 is 11.3 Å². The summed E-state index contributed by atoms with van der Waals surface area (Å²) in [6.07, 6.45) is 3.81. The van der Waals surface area contributed by atoms with Crippen molar-refractivity contribution in [3.05, 3.63) is 47.5 Å². The number of hydrogen-bond donors (Lipinski definition) is 1. The number of carbonyl (C=O) groups excluding carboxylic acids is 1. The van der Waals surface area contributed by atoms with Crippen LogP contribution < -0.4 is 5.32 Å². The molecule has 0 spiro atoms. The summed E-state index contributed by atoms with van der Waals surface area (Å²) in [4.78, 5) is 12.1. The van der Waals surface area contributed by atoms with Gasteiger partial charge in [-0.1, -0.05) is 17.7 Å². The van der Waals surface area contributed by atoms with Gasteiger partial charge in [0.15, 0.2) is 0 Å². The van der Waals surface area contributed by atoms with Gasteiger partial charge in [0.2, 0.25) is 0 Å². The van der Waals surface area contributed by atoms with Crippen LogP contribution in [0, 0.1) is 0 Å². The molecule has 4 heteroatoms. The van der Waals surface area contributed by atoms with Crippen molar-refractivity contribution in [2.24, 2.45) is 0 Å². The number of hydrogen-bond acceptors (Lipinski definition) is 2. The molecule has 2 aromatic rings. The van der Waals surface area contributed by atoms with Gasteiger partial charge in [-0.15, -0.1) is 17.9 Å². The second kappa shape index (κ2) is 5.89. The van der Waals surface area contributed by atoms with Gasteiger partial charge in [-0.2, -0.15) is 0 Å². The van der Waals surface area contributed by atoms with E-state index in [1.165, 1.54) is 5.57 Å². The van der Waals surface area contributed by atoms with Crippen molar-refractivity contribution < 1.29 is 4.79 Å². The zero-order valence-electron chi connectivity index (χ0n) is 11.3. The molecule has 0 fully saturated rings. The highest BCUT2D eigenvalue weighted by Gasteiger charge is 2.14. The van der Waals surface area contributed by atoms with Crippen LogP contribution in [0.2, 0.25) is 0 Å². The lowest BCUT2D eigenvalue weighted by molar-refractivity contribution is 0.0949. The van der Waals surface area contributed by atoms with Gasteiger partial charge < -0.3 is 9.88 Å². The first-order valence-electron chi connectivity index (χ1n) is 6.22. The predicted molar refractivity (Wildman–Crippen MR) is 81.8 cm³/mol. The molecule has 19 heavy (non-hydrogen) atoms. The number of thiophene rings is 1. The first-order valence-corrected chi connectivity index (χ1v) is 7.10. The van der Waals surface area contributed by atoms with Gasteiger partial charge in [-0.3, -0.25) is 4.79 Å². The Morgan fingerprint density at radius 3 is 3.00 bits per heavy atom. The third-order valence-electron chi connectivity index (χ3n) is 2.84. The Kier molecular flexibility index (Phi) is 4.22. The monoisotopic (exact) mass is 274 g/mol. The van der Waals surface area contributed by atoms with E-state index in [2.05, 4.69) is 47.8 Å². The van der Waals surface area contributed by atoms with Crippen molar-refractivity contribution in [2.45, 2.75) is 20.4 Å². The van der Waals surface area contributed by atoms with Crippen LogP contribution in [0.15, 0.2) is 41.8 Å². The smallest absolute Gasteiger partial charge is 0.268 e. The molecule has 2 heterocycles. The second-order valence-electron chi connectivity index (χ2n) is 4.59. The Hall–Kier alpha value is -1.81. The zero-order chi connectivity index (χ0) is 13.8. The Bertz CT molecular complexity index is 630. The number of allylic oxidation sites excluding steroid dienone is 2.